The number of carbonyl (C=O) groups is 1. The van der Waals surface area contributed by atoms with Crippen molar-refractivity contribution in [2.45, 2.75) is 45.4 Å². The van der Waals surface area contributed by atoms with Crippen molar-refractivity contribution in [2.75, 3.05) is 5.32 Å². The highest BCUT2D eigenvalue weighted by Gasteiger charge is 2.16. The Morgan fingerprint density at radius 1 is 1.19 bits per heavy atom. The molecule has 0 aliphatic heterocycles. The largest absolute Gasteiger partial charge is 0.306 e. The molecule has 4 heteroatoms. The average molecular weight is 300 g/mol. The number of nitrogens with one attached hydrogen (secondary N) is 1. The number of amides is 1. The summed E-state index contributed by atoms with van der Waals surface area (Å²) in [5, 5.41) is 2.90. The van der Waals surface area contributed by atoms with E-state index in [0.717, 1.165) is 23.3 Å². The summed E-state index contributed by atoms with van der Waals surface area (Å²) >= 11 is 1.65. The Balaban J connectivity index is 1.77. The van der Waals surface area contributed by atoms with Crippen LogP contribution in [0.1, 0.15) is 51.4 Å². The predicted octanol–water partition coefficient (Wildman–Crippen LogP) is 4.36. The molecule has 0 fully saturated rings. The third kappa shape index (κ3) is 3.50. The van der Waals surface area contributed by atoms with Crippen molar-refractivity contribution in [3.05, 3.63) is 45.3 Å². The molecule has 3 rings (SSSR count). The van der Waals surface area contributed by atoms with E-state index in [1.165, 1.54) is 36.1 Å². The molecule has 1 amide bonds. The quantitative estimate of drug-likeness (QED) is 0.895. The van der Waals surface area contributed by atoms with E-state index in [1.807, 2.05) is 19.1 Å². The first kappa shape index (κ1) is 14.3. The Morgan fingerprint density at radius 2 is 2.00 bits per heavy atom. The van der Waals surface area contributed by atoms with Crippen molar-refractivity contribution >= 4 is 23.1 Å². The van der Waals surface area contributed by atoms with Gasteiger partial charge in [-0.25, -0.2) is 4.98 Å². The van der Waals surface area contributed by atoms with Crippen LogP contribution < -0.4 is 5.32 Å². The number of carbonyl (C=O) groups excluding carboxylic acids is 1. The van der Waals surface area contributed by atoms with E-state index in [2.05, 4.69) is 16.4 Å². The molecule has 0 radical (unpaired) electrons. The van der Waals surface area contributed by atoms with Crippen molar-refractivity contribution in [1.29, 1.82) is 0 Å². The van der Waals surface area contributed by atoms with E-state index in [9.17, 15) is 4.79 Å². The molecule has 21 heavy (non-hydrogen) atoms. The van der Waals surface area contributed by atoms with Gasteiger partial charge in [-0.1, -0.05) is 12.8 Å². The maximum absolute atomic E-state index is 12.4. The Morgan fingerprint density at radius 3 is 2.81 bits per heavy atom. The van der Waals surface area contributed by atoms with Crippen molar-refractivity contribution in [2.24, 2.45) is 0 Å². The Labute approximate surface area is 129 Å². The molecule has 0 aromatic carbocycles. The first-order valence-electron chi connectivity index (χ1n) is 7.58. The second-order valence-corrected chi connectivity index (χ2v) is 6.78. The summed E-state index contributed by atoms with van der Waals surface area (Å²) in [4.78, 5) is 18.8. The summed E-state index contributed by atoms with van der Waals surface area (Å²) in [7, 11) is 0. The van der Waals surface area contributed by atoms with Gasteiger partial charge in [0.15, 0.2) is 0 Å². The van der Waals surface area contributed by atoms with Crippen molar-refractivity contribution in [1.82, 2.24) is 4.98 Å². The first-order valence-corrected chi connectivity index (χ1v) is 8.39. The first-order chi connectivity index (χ1) is 10.2. The number of hydrogen-bond donors (Lipinski definition) is 1. The molecule has 0 saturated carbocycles. The molecule has 1 N–H and O–H groups in total. The number of anilines is 1. The standard InChI is InChI=1S/C17H20N2OS/c1-12-8-9-18-16(10-12)19-17(20)15-11-13-6-4-2-3-5-7-14(13)21-15/h8-11H,2-7H2,1H3,(H,18,19,20). The van der Waals surface area contributed by atoms with E-state index in [4.69, 9.17) is 0 Å². The van der Waals surface area contributed by atoms with Crippen LogP contribution in [0.2, 0.25) is 0 Å². The van der Waals surface area contributed by atoms with Crippen LogP contribution in [0.3, 0.4) is 0 Å². The van der Waals surface area contributed by atoms with Crippen LogP contribution in [0.5, 0.6) is 0 Å². The second-order valence-electron chi connectivity index (χ2n) is 5.65. The lowest BCUT2D eigenvalue weighted by Crippen LogP contribution is -2.11. The van der Waals surface area contributed by atoms with Gasteiger partial charge in [0.05, 0.1) is 4.88 Å². The molecule has 0 saturated heterocycles. The smallest absolute Gasteiger partial charge is 0.266 e. The van der Waals surface area contributed by atoms with Gasteiger partial charge in [-0.05, 0) is 61.9 Å². The third-order valence-electron chi connectivity index (χ3n) is 3.88. The van der Waals surface area contributed by atoms with Crippen LogP contribution in [-0.4, -0.2) is 10.9 Å². The Kier molecular flexibility index (Phi) is 4.34. The minimum Gasteiger partial charge on any atom is -0.306 e. The van der Waals surface area contributed by atoms with Crippen LogP contribution in [0.4, 0.5) is 5.82 Å². The van der Waals surface area contributed by atoms with Crippen LogP contribution in [0.25, 0.3) is 0 Å². The van der Waals surface area contributed by atoms with Gasteiger partial charge in [0, 0.05) is 11.1 Å². The molecule has 2 heterocycles. The predicted molar refractivity (Wildman–Crippen MR) is 87.1 cm³/mol. The minimum absolute atomic E-state index is 0.0372. The lowest BCUT2D eigenvalue weighted by Gasteiger charge is -2.07. The average Bonchev–Trinajstić information content (AvgIpc) is 2.81. The van der Waals surface area contributed by atoms with Crippen LogP contribution >= 0.6 is 11.3 Å². The molecule has 0 bridgehead atoms. The molecule has 110 valence electrons. The molecule has 2 aromatic rings. The number of fused-ring (bicyclic) bond motifs is 1. The van der Waals surface area contributed by atoms with Crippen LogP contribution in [0.15, 0.2) is 24.4 Å². The van der Waals surface area contributed by atoms with Crippen molar-refractivity contribution < 1.29 is 4.79 Å². The fraction of sp³-hybridized carbons (Fsp3) is 0.412. The summed E-state index contributed by atoms with van der Waals surface area (Å²) in [5.41, 5.74) is 2.47. The van der Waals surface area contributed by atoms with Crippen molar-refractivity contribution in [3.63, 3.8) is 0 Å². The van der Waals surface area contributed by atoms with Gasteiger partial charge in [-0.3, -0.25) is 4.79 Å². The van der Waals surface area contributed by atoms with E-state index in [-0.39, 0.29) is 5.91 Å². The fourth-order valence-corrected chi connectivity index (χ4v) is 3.89. The molecular formula is C17H20N2OS. The molecule has 1 aliphatic rings. The topological polar surface area (TPSA) is 42.0 Å². The highest BCUT2D eigenvalue weighted by Crippen LogP contribution is 2.28. The SMILES string of the molecule is Cc1ccnc(NC(=O)c2cc3c(s2)CCCCCC3)c1. The number of nitrogens with zero attached hydrogens (tertiary/aromatic N) is 1. The monoisotopic (exact) mass is 300 g/mol. The summed E-state index contributed by atoms with van der Waals surface area (Å²) < 4.78 is 0. The second kappa shape index (κ2) is 6.39. The number of pyridine rings is 1. The molecule has 2 aromatic heterocycles. The van der Waals surface area contributed by atoms with Gasteiger partial charge in [-0.2, -0.15) is 0 Å². The number of aromatic nitrogens is 1. The van der Waals surface area contributed by atoms with Gasteiger partial charge < -0.3 is 5.32 Å². The zero-order chi connectivity index (χ0) is 14.7. The van der Waals surface area contributed by atoms with Crippen LogP contribution in [-0.2, 0) is 12.8 Å². The summed E-state index contributed by atoms with van der Waals surface area (Å²) in [5.74, 6) is 0.589. The van der Waals surface area contributed by atoms with E-state index in [0.29, 0.717) is 5.82 Å². The molecule has 0 unspecified atom stereocenters. The molecular weight excluding hydrogens is 280 g/mol. The van der Waals surface area contributed by atoms with Gasteiger partial charge in [0.25, 0.3) is 5.91 Å². The van der Waals surface area contributed by atoms with Crippen molar-refractivity contribution in [3.8, 4) is 0 Å². The molecule has 1 aliphatic carbocycles. The summed E-state index contributed by atoms with van der Waals surface area (Å²) in [6.07, 6.45) is 9.06. The van der Waals surface area contributed by atoms with E-state index in [1.54, 1.807) is 17.5 Å². The molecule has 0 spiro atoms. The van der Waals surface area contributed by atoms with Gasteiger partial charge in [0.2, 0.25) is 0 Å². The number of aryl methyl sites for hydroxylation is 3. The lowest BCUT2D eigenvalue weighted by molar-refractivity contribution is 0.103. The third-order valence-corrected chi connectivity index (χ3v) is 5.11. The number of hydrogen-bond acceptors (Lipinski definition) is 3. The Bertz CT molecular complexity index is 622. The lowest BCUT2D eigenvalue weighted by atomic mass is 10.00. The normalized spacial score (nSPS) is 14.9. The minimum atomic E-state index is -0.0372. The van der Waals surface area contributed by atoms with Gasteiger partial charge >= 0.3 is 0 Å². The fourth-order valence-electron chi connectivity index (χ4n) is 2.74. The highest BCUT2D eigenvalue weighted by atomic mass is 32.1. The maximum Gasteiger partial charge on any atom is 0.266 e. The molecule has 3 nitrogen and oxygen atoms in total. The van der Waals surface area contributed by atoms with Crippen LogP contribution in [0, 0.1) is 6.92 Å². The number of thiophene rings is 1. The highest BCUT2D eigenvalue weighted by molar-refractivity contribution is 7.14. The van der Waals surface area contributed by atoms with Gasteiger partial charge in [0.1, 0.15) is 5.82 Å². The zero-order valence-corrected chi connectivity index (χ0v) is 13.1. The molecule has 0 atom stereocenters. The summed E-state index contributed by atoms with van der Waals surface area (Å²) in [6.45, 7) is 1.99. The van der Waals surface area contributed by atoms with Gasteiger partial charge in [-0.15, -0.1) is 11.3 Å². The van der Waals surface area contributed by atoms with E-state index < -0.39 is 0 Å². The maximum atomic E-state index is 12.4. The van der Waals surface area contributed by atoms with E-state index >= 15 is 0 Å². The number of rotatable bonds is 2. The summed E-state index contributed by atoms with van der Waals surface area (Å²) in [6, 6.07) is 5.89. The zero-order valence-electron chi connectivity index (χ0n) is 12.3. The Hall–Kier alpha value is -1.68.